The molecular formula is C21H44O3. The SMILES string of the molecule is CCCCCCCCCCCCCCCCOC(CC)C(O)CO. The van der Waals surface area contributed by atoms with Gasteiger partial charge in [-0.1, -0.05) is 97.3 Å². The number of aliphatic hydroxyl groups excluding tert-OH is 2. The van der Waals surface area contributed by atoms with Crippen molar-refractivity contribution in [2.24, 2.45) is 0 Å². The van der Waals surface area contributed by atoms with Crippen LogP contribution in [0, 0.1) is 0 Å². The molecule has 0 saturated carbocycles. The molecule has 0 aliphatic carbocycles. The fraction of sp³-hybridized carbons (Fsp3) is 1.00. The Labute approximate surface area is 151 Å². The summed E-state index contributed by atoms with van der Waals surface area (Å²) in [6, 6.07) is 0. The Morgan fingerprint density at radius 3 is 1.46 bits per heavy atom. The monoisotopic (exact) mass is 344 g/mol. The van der Waals surface area contributed by atoms with Crippen LogP contribution in [0.15, 0.2) is 0 Å². The molecule has 146 valence electrons. The van der Waals surface area contributed by atoms with Gasteiger partial charge in [-0.15, -0.1) is 0 Å². The smallest absolute Gasteiger partial charge is 0.103 e. The van der Waals surface area contributed by atoms with Gasteiger partial charge in [0.2, 0.25) is 0 Å². The zero-order valence-electron chi connectivity index (χ0n) is 16.5. The largest absolute Gasteiger partial charge is 0.394 e. The molecule has 24 heavy (non-hydrogen) atoms. The molecule has 0 amide bonds. The lowest BCUT2D eigenvalue weighted by Gasteiger charge is -2.20. The fourth-order valence-electron chi connectivity index (χ4n) is 3.15. The van der Waals surface area contributed by atoms with Gasteiger partial charge < -0.3 is 14.9 Å². The molecule has 0 aliphatic rings. The normalized spacial score (nSPS) is 14.0. The van der Waals surface area contributed by atoms with Gasteiger partial charge in [0.05, 0.1) is 12.7 Å². The summed E-state index contributed by atoms with van der Waals surface area (Å²) in [5, 5.41) is 18.5. The van der Waals surface area contributed by atoms with Crippen LogP contribution in [-0.4, -0.2) is 35.6 Å². The Morgan fingerprint density at radius 2 is 1.08 bits per heavy atom. The molecule has 2 N–H and O–H groups in total. The van der Waals surface area contributed by atoms with E-state index in [1.54, 1.807) is 0 Å². The van der Waals surface area contributed by atoms with Gasteiger partial charge in [-0.3, -0.25) is 0 Å². The van der Waals surface area contributed by atoms with Crippen molar-refractivity contribution in [1.29, 1.82) is 0 Å². The molecule has 0 spiro atoms. The summed E-state index contributed by atoms with van der Waals surface area (Å²) < 4.78 is 5.64. The second kappa shape index (κ2) is 19.2. The van der Waals surface area contributed by atoms with Crippen LogP contribution in [0.25, 0.3) is 0 Å². The highest BCUT2D eigenvalue weighted by Gasteiger charge is 2.16. The molecular weight excluding hydrogens is 300 g/mol. The summed E-state index contributed by atoms with van der Waals surface area (Å²) in [5.41, 5.74) is 0. The van der Waals surface area contributed by atoms with Crippen molar-refractivity contribution >= 4 is 0 Å². The number of unbranched alkanes of at least 4 members (excludes halogenated alkanes) is 13. The maximum atomic E-state index is 9.56. The molecule has 0 heterocycles. The minimum atomic E-state index is -0.735. The summed E-state index contributed by atoms with van der Waals surface area (Å²) in [5.74, 6) is 0. The van der Waals surface area contributed by atoms with E-state index < -0.39 is 6.10 Å². The molecule has 0 radical (unpaired) electrons. The van der Waals surface area contributed by atoms with E-state index in [2.05, 4.69) is 6.92 Å². The van der Waals surface area contributed by atoms with Crippen molar-refractivity contribution in [2.75, 3.05) is 13.2 Å². The van der Waals surface area contributed by atoms with E-state index in [4.69, 9.17) is 9.84 Å². The van der Waals surface area contributed by atoms with Gasteiger partial charge in [-0.2, -0.15) is 0 Å². The molecule has 0 aromatic rings. The highest BCUT2D eigenvalue weighted by atomic mass is 16.5. The Bertz CT molecular complexity index is 233. The number of hydrogen-bond donors (Lipinski definition) is 2. The third-order valence-electron chi connectivity index (χ3n) is 4.85. The van der Waals surface area contributed by atoms with E-state index in [1.165, 1.54) is 83.5 Å². The van der Waals surface area contributed by atoms with Gasteiger partial charge in [0.25, 0.3) is 0 Å². The molecule has 0 saturated heterocycles. The standard InChI is InChI=1S/C21H44O3/c1-3-5-6-7-8-9-10-11-12-13-14-15-16-17-18-24-21(4-2)20(23)19-22/h20-23H,3-19H2,1-2H3. The molecule has 0 aliphatic heterocycles. The number of ether oxygens (including phenoxy) is 1. The van der Waals surface area contributed by atoms with Gasteiger partial charge in [-0.05, 0) is 12.8 Å². The van der Waals surface area contributed by atoms with Gasteiger partial charge in [0.1, 0.15) is 6.10 Å². The lowest BCUT2D eigenvalue weighted by molar-refractivity contribution is -0.0598. The highest BCUT2D eigenvalue weighted by molar-refractivity contribution is 4.65. The van der Waals surface area contributed by atoms with Crippen molar-refractivity contribution in [1.82, 2.24) is 0 Å². The highest BCUT2D eigenvalue weighted by Crippen LogP contribution is 2.13. The van der Waals surface area contributed by atoms with E-state index in [0.717, 1.165) is 12.8 Å². The number of rotatable bonds is 19. The predicted octanol–water partition coefficient (Wildman–Crippen LogP) is 5.62. The van der Waals surface area contributed by atoms with Gasteiger partial charge in [0.15, 0.2) is 0 Å². The van der Waals surface area contributed by atoms with E-state index >= 15 is 0 Å². The quantitative estimate of drug-likeness (QED) is 0.299. The van der Waals surface area contributed by atoms with E-state index in [1.807, 2.05) is 6.92 Å². The lowest BCUT2D eigenvalue weighted by atomic mass is 10.0. The second-order valence-electron chi connectivity index (χ2n) is 7.16. The Kier molecular flexibility index (Phi) is 19.1. The van der Waals surface area contributed by atoms with Crippen LogP contribution >= 0.6 is 0 Å². The summed E-state index contributed by atoms with van der Waals surface area (Å²) in [6.07, 6.45) is 18.8. The zero-order valence-corrected chi connectivity index (χ0v) is 16.5. The molecule has 0 rings (SSSR count). The Balaban J connectivity index is 3.17. The first-order chi connectivity index (χ1) is 11.8. The average Bonchev–Trinajstić information content (AvgIpc) is 2.61. The molecule has 0 aromatic heterocycles. The molecule has 3 heteroatoms. The first kappa shape index (κ1) is 23.9. The topological polar surface area (TPSA) is 49.7 Å². The minimum Gasteiger partial charge on any atom is -0.394 e. The third-order valence-corrected chi connectivity index (χ3v) is 4.85. The average molecular weight is 345 g/mol. The predicted molar refractivity (Wildman–Crippen MR) is 103 cm³/mol. The molecule has 2 unspecified atom stereocenters. The lowest BCUT2D eigenvalue weighted by Crippen LogP contribution is -2.31. The molecule has 0 bridgehead atoms. The van der Waals surface area contributed by atoms with Crippen LogP contribution < -0.4 is 0 Å². The maximum absolute atomic E-state index is 9.56. The van der Waals surface area contributed by atoms with E-state index in [0.29, 0.717) is 6.61 Å². The second-order valence-corrected chi connectivity index (χ2v) is 7.16. The summed E-state index contributed by atoms with van der Waals surface area (Å²) in [7, 11) is 0. The van der Waals surface area contributed by atoms with Crippen LogP contribution in [0.2, 0.25) is 0 Å². The van der Waals surface area contributed by atoms with Crippen molar-refractivity contribution in [2.45, 2.75) is 122 Å². The fourth-order valence-corrected chi connectivity index (χ4v) is 3.15. The molecule has 0 fully saturated rings. The van der Waals surface area contributed by atoms with Crippen molar-refractivity contribution in [3.8, 4) is 0 Å². The first-order valence-corrected chi connectivity index (χ1v) is 10.7. The van der Waals surface area contributed by atoms with Crippen molar-refractivity contribution in [3.63, 3.8) is 0 Å². The van der Waals surface area contributed by atoms with Crippen molar-refractivity contribution < 1.29 is 14.9 Å². The Hall–Kier alpha value is -0.120. The summed E-state index contributed by atoms with van der Waals surface area (Å²) in [6.45, 7) is 4.75. The van der Waals surface area contributed by atoms with E-state index in [-0.39, 0.29) is 12.7 Å². The van der Waals surface area contributed by atoms with Gasteiger partial charge in [-0.25, -0.2) is 0 Å². The summed E-state index contributed by atoms with van der Waals surface area (Å²) in [4.78, 5) is 0. The van der Waals surface area contributed by atoms with Crippen LogP contribution in [0.3, 0.4) is 0 Å². The molecule has 3 nitrogen and oxygen atoms in total. The first-order valence-electron chi connectivity index (χ1n) is 10.7. The van der Waals surface area contributed by atoms with Crippen LogP contribution in [0.4, 0.5) is 0 Å². The Morgan fingerprint density at radius 1 is 0.667 bits per heavy atom. The number of hydrogen-bond acceptors (Lipinski definition) is 3. The van der Waals surface area contributed by atoms with Gasteiger partial charge >= 0.3 is 0 Å². The van der Waals surface area contributed by atoms with Crippen molar-refractivity contribution in [3.05, 3.63) is 0 Å². The maximum Gasteiger partial charge on any atom is 0.103 e. The van der Waals surface area contributed by atoms with Gasteiger partial charge in [0, 0.05) is 6.61 Å². The third kappa shape index (κ3) is 15.4. The molecule has 2 atom stereocenters. The summed E-state index contributed by atoms with van der Waals surface area (Å²) >= 11 is 0. The van der Waals surface area contributed by atoms with E-state index in [9.17, 15) is 5.11 Å². The molecule has 0 aromatic carbocycles. The minimum absolute atomic E-state index is 0.211. The zero-order chi connectivity index (χ0) is 17.9. The van der Waals surface area contributed by atoms with Crippen LogP contribution in [-0.2, 0) is 4.74 Å². The number of aliphatic hydroxyl groups is 2. The van der Waals surface area contributed by atoms with Crippen LogP contribution in [0.5, 0.6) is 0 Å². The van der Waals surface area contributed by atoms with Crippen LogP contribution in [0.1, 0.15) is 110 Å².